The third-order valence-corrected chi connectivity index (χ3v) is 4.40. The fourth-order valence-electron chi connectivity index (χ4n) is 2.67. The largest absolute Gasteiger partial charge is 0.444 e. The summed E-state index contributed by atoms with van der Waals surface area (Å²) in [6.07, 6.45) is 3.45. The lowest BCUT2D eigenvalue weighted by Gasteiger charge is -2.00. The van der Waals surface area contributed by atoms with E-state index >= 15 is 0 Å². The van der Waals surface area contributed by atoms with Crippen LogP contribution >= 0.6 is 15.9 Å². The van der Waals surface area contributed by atoms with Gasteiger partial charge in [0.2, 0.25) is 0 Å². The maximum atomic E-state index is 12.1. The zero-order valence-electron chi connectivity index (χ0n) is 14.6. The number of nitrogens with one attached hydrogen (secondary N) is 1. The quantitative estimate of drug-likeness (QED) is 0.366. The number of nitrogens with zero attached hydrogens (tertiary/aromatic N) is 3. The van der Waals surface area contributed by atoms with Crippen molar-refractivity contribution in [2.45, 2.75) is 0 Å². The summed E-state index contributed by atoms with van der Waals surface area (Å²) in [5, 5.41) is 8.77. The number of aromatic nitrogens is 2. The van der Waals surface area contributed by atoms with E-state index in [-0.39, 0.29) is 5.76 Å². The standard InChI is InChI=1S/C21H15BrN4O2/c22-19-12-11-18(28-19)21(27)24-23-13-16-14-26(17-9-5-2-6-10-17)25-20(16)15-7-3-1-4-8-15/h1-14H,(H,24,27). The van der Waals surface area contributed by atoms with Crippen LogP contribution in [-0.2, 0) is 0 Å². The third-order valence-electron chi connectivity index (χ3n) is 3.98. The summed E-state index contributed by atoms with van der Waals surface area (Å²) in [5.74, 6) is -0.258. The van der Waals surface area contributed by atoms with E-state index in [1.807, 2.05) is 66.9 Å². The Balaban J connectivity index is 1.63. The molecule has 2 heterocycles. The Morgan fingerprint density at radius 2 is 1.75 bits per heavy atom. The minimum Gasteiger partial charge on any atom is -0.444 e. The van der Waals surface area contributed by atoms with Crippen molar-refractivity contribution in [3.05, 3.63) is 95.0 Å². The van der Waals surface area contributed by atoms with Crippen molar-refractivity contribution in [3.8, 4) is 16.9 Å². The van der Waals surface area contributed by atoms with Gasteiger partial charge in [-0.1, -0.05) is 48.5 Å². The first-order valence-electron chi connectivity index (χ1n) is 8.50. The molecule has 0 bridgehead atoms. The number of carbonyl (C=O) groups is 1. The summed E-state index contributed by atoms with van der Waals surface area (Å²) >= 11 is 3.17. The predicted molar refractivity (Wildman–Crippen MR) is 110 cm³/mol. The maximum Gasteiger partial charge on any atom is 0.307 e. The molecule has 0 spiro atoms. The molecule has 0 atom stereocenters. The van der Waals surface area contributed by atoms with Gasteiger partial charge in [0, 0.05) is 17.3 Å². The van der Waals surface area contributed by atoms with E-state index in [0.717, 1.165) is 22.5 Å². The number of halogens is 1. The normalized spacial score (nSPS) is 11.0. The van der Waals surface area contributed by atoms with Crippen LogP contribution in [0.2, 0.25) is 0 Å². The SMILES string of the molecule is O=C(NN=Cc1cn(-c2ccccc2)nc1-c1ccccc1)c1ccc(Br)o1. The molecule has 1 amide bonds. The number of furan rings is 1. The lowest BCUT2D eigenvalue weighted by atomic mass is 10.1. The number of rotatable bonds is 5. The van der Waals surface area contributed by atoms with Crippen molar-refractivity contribution in [1.82, 2.24) is 15.2 Å². The summed E-state index contributed by atoms with van der Waals surface area (Å²) in [6.45, 7) is 0. The molecule has 0 saturated carbocycles. The second kappa shape index (κ2) is 8.06. The minimum absolute atomic E-state index is 0.173. The molecule has 0 unspecified atom stereocenters. The number of amides is 1. The molecular formula is C21H15BrN4O2. The van der Waals surface area contributed by atoms with Crippen molar-refractivity contribution in [2.75, 3.05) is 0 Å². The van der Waals surface area contributed by atoms with E-state index in [9.17, 15) is 4.79 Å². The van der Waals surface area contributed by atoms with Gasteiger partial charge in [-0.3, -0.25) is 4.79 Å². The Hall–Kier alpha value is -3.45. The van der Waals surface area contributed by atoms with Crippen LogP contribution in [0.1, 0.15) is 16.1 Å². The van der Waals surface area contributed by atoms with Crippen molar-refractivity contribution in [1.29, 1.82) is 0 Å². The Morgan fingerprint density at radius 1 is 1.04 bits per heavy atom. The van der Waals surface area contributed by atoms with Crippen molar-refractivity contribution < 1.29 is 9.21 Å². The van der Waals surface area contributed by atoms with Gasteiger partial charge in [0.1, 0.15) is 5.69 Å². The zero-order valence-corrected chi connectivity index (χ0v) is 16.2. The van der Waals surface area contributed by atoms with Gasteiger partial charge in [-0.05, 0) is 40.2 Å². The van der Waals surface area contributed by atoms with E-state index < -0.39 is 5.91 Å². The van der Waals surface area contributed by atoms with E-state index in [1.165, 1.54) is 0 Å². The van der Waals surface area contributed by atoms with Gasteiger partial charge >= 0.3 is 5.91 Å². The van der Waals surface area contributed by atoms with Gasteiger partial charge < -0.3 is 4.42 Å². The molecule has 0 aliphatic rings. The maximum absolute atomic E-state index is 12.1. The number of hydrogen-bond donors (Lipinski definition) is 1. The van der Waals surface area contributed by atoms with Crippen LogP contribution in [0.4, 0.5) is 0 Å². The van der Waals surface area contributed by atoms with E-state index in [2.05, 4.69) is 26.5 Å². The Kier molecular flexibility index (Phi) is 5.16. The van der Waals surface area contributed by atoms with Gasteiger partial charge in [-0.2, -0.15) is 10.2 Å². The Morgan fingerprint density at radius 3 is 2.43 bits per heavy atom. The molecule has 0 aliphatic heterocycles. The first-order chi connectivity index (χ1) is 13.7. The number of hydrogen-bond acceptors (Lipinski definition) is 4. The van der Waals surface area contributed by atoms with Gasteiger partial charge in [-0.25, -0.2) is 10.1 Å². The summed E-state index contributed by atoms with van der Waals surface area (Å²) in [6, 6.07) is 22.8. The van der Waals surface area contributed by atoms with Crippen LogP contribution in [0, 0.1) is 0 Å². The van der Waals surface area contributed by atoms with Gasteiger partial charge in [0.05, 0.1) is 11.9 Å². The average Bonchev–Trinajstić information content (AvgIpc) is 3.36. The molecule has 7 heteroatoms. The highest BCUT2D eigenvalue weighted by Crippen LogP contribution is 2.22. The summed E-state index contributed by atoms with van der Waals surface area (Å²) < 4.78 is 7.49. The lowest BCUT2D eigenvalue weighted by Crippen LogP contribution is -2.16. The highest BCUT2D eigenvalue weighted by molar-refractivity contribution is 9.10. The molecule has 2 aromatic heterocycles. The fraction of sp³-hybridized carbons (Fsp3) is 0. The molecule has 138 valence electrons. The van der Waals surface area contributed by atoms with Gasteiger partial charge in [0.25, 0.3) is 0 Å². The highest BCUT2D eigenvalue weighted by atomic mass is 79.9. The molecule has 6 nitrogen and oxygen atoms in total. The predicted octanol–water partition coefficient (Wildman–Crippen LogP) is 4.66. The fourth-order valence-corrected chi connectivity index (χ4v) is 2.97. The summed E-state index contributed by atoms with van der Waals surface area (Å²) in [5.41, 5.74) is 5.90. The second-order valence-corrected chi connectivity index (χ2v) is 6.66. The van der Waals surface area contributed by atoms with Gasteiger partial charge in [0.15, 0.2) is 10.4 Å². The van der Waals surface area contributed by atoms with E-state index in [0.29, 0.717) is 4.67 Å². The van der Waals surface area contributed by atoms with Crippen LogP contribution < -0.4 is 5.43 Å². The van der Waals surface area contributed by atoms with Crippen LogP contribution in [0.15, 0.2) is 93.2 Å². The zero-order chi connectivity index (χ0) is 19.3. The molecular weight excluding hydrogens is 420 g/mol. The smallest absolute Gasteiger partial charge is 0.307 e. The summed E-state index contributed by atoms with van der Waals surface area (Å²) in [7, 11) is 0. The number of hydrazone groups is 1. The average molecular weight is 435 g/mol. The first-order valence-corrected chi connectivity index (χ1v) is 9.29. The van der Waals surface area contributed by atoms with Crippen molar-refractivity contribution >= 4 is 28.1 Å². The third kappa shape index (κ3) is 3.94. The first kappa shape index (κ1) is 17.9. The lowest BCUT2D eigenvalue weighted by molar-refractivity contribution is 0.0926. The van der Waals surface area contributed by atoms with Crippen molar-refractivity contribution in [2.24, 2.45) is 5.10 Å². The molecule has 1 N–H and O–H groups in total. The van der Waals surface area contributed by atoms with Crippen molar-refractivity contribution in [3.63, 3.8) is 0 Å². The molecule has 4 aromatic rings. The molecule has 0 fully saturated rings. The molecule has 2 aromatic carbocycles. The molecule has 28 heavy (non-hydrogen) atoms. The number of benzene rings is 2. The van der Waals surface area contributed by atoms with Crippen LogP contribution in [0.25, 0.3) is 16.9 Å². The molecule has 0 saturated heterocycles. The second-order valence-electron chi connectivity index (χ2n) is 5.88. The Labute approximate surface area is 169 Å². The van der Waals surface area contributed by atoms with Gasteiger partial charge in [-0.15, -0.1) is 0 Å². The van der Waals surface area contributed by atoms with E-state index in [1.54, 1.807) is 23.0 Å². The number of carbonyl (C=O) groups excluding carboxylic acids is 1. The minimum atomic E-state index is -0.432. The monoisotopic (exact) mass is 434 g/mol. The van der Waals surface area contributed by atoms with Crippen LogP contribution in [0.3, 0.4) is 0 Å². The topological polar surface area (TPSA) is 72.4 Å². The van der Waals surface area contributed by atoms with Crippen LogP contribution in [-0.4, -0.2) is 21.9 Å². The highest BCUT2D eigenvalue weighted by Gasteiger charge is 2.12. The van der Waals surface area contributed by atoms with Crippen LogP contribution in [0.5, 0.6) is 0 Å². The van der Waals surface area contributed by atoms with E-state index in [4.69, 9.17) is 9.52 Å². The molecule has 4 rings (SSSR count). The summed E-state index contributed by atoms with van der Waals surface area (Å²) in [4.78, 5) is 12.1. The molecule has 0 aliphatic carbocycles. The molecule has 0 radical (unpaired) electrons. The number of para-hydroxylation sites is 1. The Bertz CT molecular complexity index is 1120.